The molecule has 3 nitrogen and oxygen atoms in total. The second kappa shape index (κ2) is 5.35. The molecule has 1 atom stereocenters. The van der Waals surface area contributed by atoms with Crippen LogP contribution in [0, 0.1) is 6.92 Å². The Bertz CT molecular complexity index is 510. The zero-order valence-corrected chi connectivity index (χ0v) is 12.4. The third-order valence-corrected chi connectivity index (χ3v) is 4.84. The van der Waals surface area contributed by atoms with Gasteiger partial charge in [-0.15, -0.1) is 11.3 Å². The topological polar surface area (TPSA) is 33.2 Å². The van der Waals surface area contributed by atoms with E-state index < -0.39 is 18.1 Å². The number of aryl methyl sites for hydroxylation is 1. The Kier molecular flexibility index (Phi) is 4.09. The maximum Gasteiger partial charge on any atom is 0.408 e. The van der Waals surface area contributed by atoms with E-state index in [-0.39, 0.29) is 18.9 Å². The van der Waals surface area contributed by atoms with Crippen LogP contribution >= 0.6 is 11.3 Å². The number of amides is 1. The van der Waals surface area contributed by atoms with Gasteiger partial charge in [0.2, 0.25) is 0 Å². The largest absolute Gasteiger partial charge is 0.408 e. The summed E-state index contributed by atoms with van der Waals surface area (Å²) in [6, 6.07) is -1.65. The van der Waals surface area contributed by atoms with Crippen molar-refractivity contribution in [2.75, 3.05) is 6.54 Å². The molecule has 1 aliphatic heterocycles. The lowest BCUT2D eigenvalue weighted by Crippen LogP contribution is -2.44. The summed E-state index contributed by atoms with van der Waals surface area (Å²) in [5.41, 5.74) is 0.525. The summed E-state index contributed by atoms with van der Waals surface area (Å²) in [6.07, 6.45) is -3.97. The summed E-state index contributed by atoms with van der Waals surface area (Å²) in [5, 5.41) is 0.786. The highest BCUT2D eigenvalue weighted by atomic mass is 32.1. The van der Waals surface area contributed by atoms with Crippen molar-refractivity contribution in [1.82, 2.24) is 9.88 Å². The van der Waals surface area contributed by atoms with Crippen molar-refractivity contribution in [3.63, 3.8) is 0 Å². The minimum Gasteiger partial charge on any atom is -0.326 e. The first-order chi connectivity index (χ1) is 9.21. The summed E-state index contributed by atoms with van der Waals surface area (Å²) in [6.45, 7) is 5.73. The van der Waals surface area contributed by atoms with E-state index in [4.69, 9.17) is 0 Å². The average molecular weight is 306 g/mol. The third kappa shape index (κ3) is 2.82. The Morgan fingerprint density at radius 1 is 1.45 bits per heavy atom. The molecule has 7 heteroatoms. The predicted octanol–water partition coefficient (Wildman–Crippen LogP) is 3.74. The standard InChI is InChI=1S/C13H17F3N2OS/c1-7(2)11-17-8(3)10(20-11)12(19)18-6-4-5-9(18)13(14,15)16/h7,9H,4-6H2,1-3H3. The molecule has 2 heterocycles. The van der Waals surface area contributed by atoms with Crippen molar-refractivity contribution in [3.05, 3.63) is 15.6 Å². The Hall–Kier alpha value is -1.11. The van der Waals surface area contributed by atoms with Gasteiger partial charge in [-0.2, -0.15) is 13.2 Å². The highest BCUT2D eigenvalue weighted by Gasteiger charge is 2.48. The van der Waals surface area contributed by atoms with Crippen LogP contribution in [-0.2, 0) is 0 Å². The maximum absolute atomic E-state index is 12.9. The van der Waals surface area contributed by atoms with E-state index in [2.05, 4.69) is 4.98 Å². The highest BCUT2D eigenvalue weighted by Crippen LogP contribution is 2.35. The smallest absolute Gasteiger partial charge is 0.326 e. The maximum atomic E-state index is 12.9. The minimum absolute atomic E-state index is 0.00979. The fourth-order valence-electron chi connectivity index (χ4n) is 2.34. The number of nitrogens with zero attached hydrogens (tertiary/aromatic N) is 2. The van der Waals surface area contributed by atoms with Gasteiger partial charge in [-0.25, -0.2) is 4.98 Å². The van der Waals surface area contributed by atoms with Crippen LogP contribution in [0.4, 0.5) is 13.2 Å². The van der Waals surface area contributed by atoms with Crippen molar-refractivity contribution in [1.29, 1.82) is 0 Å². The molecule has 20 heavy (non-hydrogen) atoms. The van der Waals surface area contributed by atoms with Crippen LogP contribution < -0.4 is 0 Å². The van der Waals surface area contributed by atoms with Gasteiger partial charge in [-0.3, -0.25) is 4.79 Å². The molecule has 0 aromatic carbocycles. The van der Waals surface area contributed by atoms with Gasteiger partial charge in [0.1, 0.15) is 10.9 Å². The number of halogens is 3. The van der Waals surface area contributed by atoms with Crippen molar-refractivity contribution < 1.29 is 18.0 Å². The van der Waals surface area contributed by atoms with Crippen LogP contribution in [0.15, 0.2) is 0 Å². The quantitative estimate of drug-likeness (QED) is 0.834. The molecule has 0 spiro atoms. The second-order valence-corrected chi connectivity index (χ2v) is 6.35. The molecular weight excluding hydrogens is 289 g/mol. The summed E-state index contributed by atoms with van der Waals surface area (Å²) >= 11 is 1.21. The number of carbonyl (C=O) groups excluding carboxylic acids is 1. The van der Waals surface area contributed by atoms with E-state index in [0.717, 1.165) is 9.91 Å². The zero-order chi connectivity index (χ0) is 15.1. The number of thiazole rings is 1. The number of hydrogen-bond donors (Lipinski definition) is 0. The van der Waals surface area contributed by atoms with Gasteiger partial charge >= 0.3 is 6.18 Å². The summed E-state index contributed by atoms with van der Waals surface area (Å²) in [7, 11) is 0. The summed E-state index contributed by atoms with van der Waals surface area (Å²) in [4.78, 5) is 17.9. The Balaban J connectivity index is 2.27. The number of carbonyl (C=O) groups is 1. The molecule has 112 valence electrons. The minimum atomic E-state index is -4.36. The van der Waals surface area contributed by atoms with Gasteiger partial charge in [-0.1, -0.05) is 13.8 Å². The molecule has 2 rings (SSSR count). The van der Waals surface area contributed by atoms with Gasteiger partial charge in [-0.05, 0) is 19.8 Å². The molecule has 1 aromatic heterocycles. The molecule has 0 radical (unpaired) electrons. The normalized spacial score (nSPS) is 19.9. The average Bonchev–Trinajstić information content (AvgIpc) is 2.93. The van der Waals surface area contributed by atoms with Crippen molar-refractivity contribution in [2.45, 2.75) is 51.7 Å². The molecule has 1 aliphatic rings. The molecule has 1 saturated heterocycles. The van der Waals surface area contributed by atoms with Gasteiger partial charge in [0.05, 0.1) is 10.7 Å². The highest BCUT2D eigenvalue weighted by molar-refractivity contribution is 7.13. The number of aromatic nitrogens is 1. The first-order valence-electron chi connectivity index (χ1n) is 6.56. The molecule has 1 amide bonds. The monoisotopic (exact) mass is 306 g/mol. The van der Waals surface area contributed by atoms with Crippen molar-refractivity contribution in [2.24, 2.45) is 0 Å². The van der Waals surface area contributed by atoms with Crippen LogP contribution in [-0.4, -0.2) is 34.6 Å². The number of likely N-dealkylation sites (tertiary alicyclic amines) is 1. The Labute approximate surface area is 119 Å². The first-order valence-corrected chi connectivity index (χ1v) is 7.38. The molecule has 1 unspecified atom stereocenters. The first kappa shape index (κ1) is 15.3. The van der Waals surface area contributed by atoms with Crippen LogP contribution in [0.3, 0.4) is 0 Å². The number of hydrogen-bond acceptors (Lipinski definition) is 3. The fraction of sp³-hybridized carbons (Fsp3) is 0.692. The van der Waals surface area contributed by atoms with E-state index in [1.807, 2.05) is 13.8 Å². The lowest BCUT2D eigenvalue weighted by molar-refractivity contribution is -0.169. The molecule has 1 aromatic rings. The Morgan fingerprint density at radius 2 is 2.10 bits per heavy atom. The molecule has 0 saturated carbocycles. The zero-order valence-electron chi connectivity index (χ0n) is 11.6. The third-order valence-electron chi connectivity index (χ3n) is 3.39. The van der Waals surface area contributed by atoms with Crippen molar-refractivity contribution >= 4 is 17.2 Å². The fourth-order valence-corrected chi connectivity index (χ4v) is 3.37. The van der Waals surface area contributed by atoms with Crippen LogP contribution in [0.1, 0.15) is 53.0 Å². The van der Waals surface area contributed by atoms with Gasteiger partial charge in [0, 0.05) is 12.5 Å². The van der Waals surface area contributed by atoms with Gasteiger partial charge in [0.15, 0.2) is 0 Å². The van der Waals surface area contributed by atoms with Crippen LogP contribution in [0.25, 0.3) is 0 Å². The van der Waals surface area contributed by atoms with E-state index in [1.54, 1.807) is 6.92 Å². The van der Waals surface area contributed by atoms with Crippen molar-refractivity contribution in [3.8, 4) is 0 Å². The van der Waals surface area contributed by atoms with E-state index >= 15 is 0 Å². The molecule has 0 bridgehead atoms. The van der Waals surface area contributed by atoms with Gasteiger partial charge in [0.25, 0.3) is 5.91 Å². The molecule has 1 fully saturated rings. The lowest BCUT2D eigenvalue weighted by atomic mass is 10.2. The molecular formula is C13H17F3N2OS. The van der Waals surface area contributed by atoms with E-state index in [0.29, 0.717) is 17.0 Å². The lowest BCUT2D eigenvalue weighted by Gasteiger charge is -2.26. The molecule has 0 N–H and O–H groups in total. The SMILES string of the molecule is Cc1nc(C(C)C)sc1C(=O)N1CCCC1C(F)(F)F. The Morgan fingerprint density at radius 3 is 2.60 bits per heavy atom. The molecule has 0 aliphatic carbocycles. The van der Waals surface area contributed by atoms with E-state index in [1.165, 1.54) is 11.3 Å². The van der Waals surface area contributed by atoms with E-state index in [9.17, 15) is 18.0 Å². The number of rotatable bonds is 2. The van der Waals surface area contributed by atoms with Gasteiger partial charge < -0.3 is 4.90 Å². The van der Waals surface area contributed by atoms with Crippen LogP contribution in [0.2, 0.25) is 0 Å². The second-order valence-electron chi connectivity index (χ2n) is 5.32. The van der Waals surface area contributed by atoms with Crippen LogP contribution in [0.5, 0.6) is 0 Å². The predicted molar refractivity (Wildman–Crippen MR) is 71.1 cm³/mol. The summed E-state index contributed by atoms with van der Waals surface area (Å²) < 4.78 is 38.7. The summed E-state index contributed by atoms with van der Waals surface area (Å²) in [5.74, 6) is -0.371. The number of alkyl halides is 3.